The Morgan fingerprint density at radius 2 is 2.00 bits per heavy atom. The first-order valence-electron chi connectivity index (χ1n) is 5.43. The SMILES string of the molecule is Cc1nonc1CN1C(C)CNCC1C. The maximum absolute atomic E-state index is 4.72. The molecule has 2 unspecified atom stereocenters. The summed E-state index contributed by atoms with van der Waals surface area (Å²) < 4.78 is 4.72. The highest BCUT2D eigenvalue weighted by molar-refractivity contribution is 5.05. The first-order chi connectivity index (χ1) is 7.18. The lowest BCUT2D eigenvalue weighted by atomic mass is 10.1. The van der Waals surface area contributed by atoms with Gasteiger partial charge in [0.15, 0.2) is 0 Å². The fraction of sp³-hybridized carbons (Fsp3) is 0.800. The van der Waals surface area contributed by atoms with Gasteiger partial charge in [0.05, 0.1) is 0 Å². The molecule has 1 saturated heterocycles. The normalized spacial score (nSPS) is 28.2. The zero-order chi connectivity index (χ0) is 10.8. The molecule has 0 saturated carbocycles. The molecule has 0 aliphatic carbocycles. The van der Waals surface area contributed by atoms with Gasteiger partial charge in [0.2, 0.25) is 0 Å². The molecule has 5 heteroatoms. The molecule has 1 aliphatic rings. The van der Waals surface area contributed by atoms with E-state index in [1.54, 1.807) is 0 Å². The monoisotopic (exact) mass is 210 g/mol. The fourth-order valence-corrected chi connectivity index (χ4v) is 2.05. The predicted molar refractivity (Wildman–Crippen MR) is 56.4 cm³/mol. The molecule has 1 fully saturated rings. The van der Waals surface area contributed by atoms with Crippen LogP contribution in [0.15, 0.2) is 4.63 Å². The van der Waals surface area contributed by atoms with Crippen LogP contribution in [0.2, 0.25) is 0 Å². The summed E-state index contributed by atoms with van der Waals surface area (Å²) in [6, 6.07) is 1.06. The third-order valence-electron chi connectivity index (χ3n) is 3.09. The Morgan fingerprint density at radius 1 is 1.33 bits per heavy atom. The summed E-state index contributed by atoms with van der Waals surface area (Å²) in [7, 11) is 0. The quantitative estimate of drug-likeness (QED) is 0.773. The van der Waals surface area contributed by atoms with Crippen LogP contribution in [0.5, 0.6) is 0 Å². The topological polar surface area (TPSA) is 54.2 Å². The van der Waals surface area contributed by atoms with Crippen molar-refractivity contribution in [3.63, 3.8) is 0 Å². The molecule has 1 N–H and O–H groups in total. The summed E-state index contributed by atoms with van der Waals surface area (Å²) in [5.41, 5.74) is 1.85. The van der Waals surface area contributed by atoms with E-state index in [0.717, 1.165) is 31.0 Å². The minimum Gasteiger partial charge on any atom is -0.314 e. The smallest absolute Gasteiger partial charge is 0.122 e. The molecule has 1 aliphatic heterocycles. The summed E-state index contributed by atoms with van der Waals surface area (Å²) in [5, 5.41) is 11.1. The zero-order valence-electron chi connectivity index (χ0n) is 9.53. The largest absolute Gasteiger partial charge is 0.314 e. The van der Waals surface area contributed by atoms with Gasteiger partial charge in [-0.05, 0) is 20.8 Å². The Morgan fingerprint density at radius 3 is 2.53 bits per heavy atom. The zero-order valence-corrected chi connectivity index (χ0v) is 9.53. The minimum atomic E-state index is 0.532. The van der Waals surface area contributed by atoms with Crippen LogP contribution in [-0.4, -0.2) is 40.4 Å². The highest BCUT2D eigenvalue weighted by Crippen LogP contribution is 2.14. The molecule has 1 aromatic rings. The average molecular weight is 210 g/mol. The molecule has 1 aromatic heterocycles. The lowest BCUT2D eigenvalue weighted by Gasteiger charge is -2.38. The van der Waals surface area contributed by atoms with Crippen molar-refractivity contribution in [2.45, 2.75) is 39.4 Å². The van der Waals surface area contributed by atoms with E-state index in [-0.39, 0.29) is 0 Å². The van der Waals surface area contributed by atoms with Gasteiger partial charge in [0.25, 0.3) is 0 Å². The molecule has 2 atom stereocenters. The Bertz CT molecular complexity index is 315. The molecule has 0 spiro atoms. The van der Waals surface area contributed by atoms with E-state index in [9.17, 15) is 0 Å². The fourth-order valence-electron chi connectivity index (χ4n) is 2.05. The van der Waals surface area contributed by atoms with E-state index in [1.807, 2.05) is 6.92 Å². The minimum absolute atomic E-state index is 0.532. The maximum atomic E-state index is 4.72. The van der Waals surface area contributed by atoms with Crippen molar-refractivity contribution in [3.05, 3.63) is 11.4 Å². The van der Waals surface area contributed by atoms with Crippen LogP contribution in [0.25, 0.3) is 0 Å². The van der Waals surface area contributed by atoms with Crippen LogP contribution >= 0.6 is 0 Å². The molecule has 0 radical (unpaired) electrons. The van der Waals surface area contributed by atoms with Crippen molar-refractivity contribution >= 4 is 0 Å². The summed E-state index contributed by atoms with van der Waals surface area (Å²) in [5.74, 6) is 0. The molecule has 2 rings (SSSR count). The van der Waals surface area contributed by atoms with Crippen LogP contribution in [0, 0.1) is 6.92 Å². The Balaban J connectivity index is 2.06. The molecule has 15 heavy (non-hydrogen) atoms. The Kier molecular flexibility index (Phi) is 3.02. The van der Waals surface area contributed by atoms with Crippen molar-refractivity contribution in [1.29, 1.82) is 0 Å². The second kappa shape index (κ2) is 4.28. The van der Waals surface area contributed by atoms with Crippen LogP contribution in [-0.2, 0) is 6.54 Å². The van der Waals surface area contributed by atoms with E-state index < -0.39 is 0 Å². The van der Waals surface area contributed by atoms with Gasteiger partial charge in [-0.1, -0.05) is 10.3 Å². The summed E-state index contributed by atoms with van der Waals surface area (Å²) >= 11 is 0. The lowest BCUT2D eigenvalue weighted by molar-refractivity contribution is 0.105. The van der Waals surface area contributed by atoms with Crippen molar-refractivity contribution in [2.75, 3.05) is 13.1 Å². The van der Waals surface area contributed by atoms with Crippen LogP contribution in [0.3, 0.4) is 0 Å². The molecule has 5 nitrogen and oxygen atoms in total. The number of hydrogen-bond acceptors (Lipinski definition) is 5. The lowest BCUT2D eigenvalue weighted by Crippen LogP contribution is -2.54. The molecular formula is C10H18N4O. The second-order valence-corrected chi connectivity index (χ2v) is 4.32. The highest BCUT2D eigenvalue weighted by atomic mass is 16.6. The number of nitrogens with one attached hydrogen (secondary N) is 1. The number of piperazine rings is 1. The van der Waals surface area contributed by atoms with Gasteiger partial charge in [-0.3, -0.25) is 4.90 Å². The Hall–Kier alpha value is -0.940. The third-order valence-corrected chi connectivity index (χ3v) is 3.09. The number of aromatic nitrogens is 2. The summed E-state index contributed by atoms with van der Waals surface area (Å²) in [4.78, 5) is 2.43. The summed E-state index contributed by atoms with van der Waals surface area (Å²) in [6.45, 7) is 9.29. The maximum Gasteiger partial charge on any atom is 0.122 e. The van der Waals surface area contributed by atoms with Gasteiger partial charge < -0.3 is 5.32 Å². The molecule has 2 heterocycles. The molecule has 0 amide bonds. The number of rotatable bonds is 2. The van der Waals surface area contributed by atoms with Crippen molar-refractivity contribution in [2.24, 2.45) is 0 Å². The van der Waals surface area contributed by atoms with E-state index in [4.69, 9.17) is 4.63 Å². The first kappa shape index (κ1) is 10.6. The van der Waals surface area contributed by atoms with E-state index in [2.05, 4.69) is 34.4 Å². The van der Waals surface area contributed by atoms with Crippen molar-refractivity contribution < 1.29 is 4.63 Å². The number of nitrogens with zero attached hydrogens (tertiary/aromatic N) is 3. The van der Waals surface area contributed by atoms with Crippen molar-refractivity contribution in [1.82, 2.24) is 20.5 Å². The van der Waals surface area contributed by atoms with Gasteiger partial charge in [0.1, 0.15) is 11.4 Å². The summed E-state index contributed by atoms with van der Waals surface area (Å²) in [6.07, 6.45) is 0. The van der Waals surface area contributed by atoms with Gasteiger partial charge >= 0.3 is 0 Å². The van der Waals surface area contributed by atoms with Gasteiger partial charge in [-0.25, -0.2) is 4.63 Å². The van der Waals surface area contributed by atoms with E-state index >= 15 is 0 Å². The highest BCUT2D eigenvalue weighted by Gasteiger charge is 2.25. The number of hydrogen-bond donors (Lipinski definition) is 1. The predicted octanol–water partition coefficient (Wildman–Crippen LogP) is 0.560. The molecule has 0 bridgehead atoms. The molecular weight excluding hydrogens is 192 g/mol. The van der Waals surface area contributed by atoms with Gasteiger partial charge in [-0.2, -0.15) is 0 Å². The van der Waals surface area contributed by atoms with Crippen LogP contribution in [0.4, 0.5) is 0 Å². The third kappa shape index (κ3) is 2.18. The van der Waals surface area contributed by atoms with Crippen LogP contribution < -0.4 is 5.32 Å². The number of aryl methyl sites for hydroxylation is 1. The van der Waals surface area contributed by atoms with Crippen molar-refractivity contribution in [3.8, 4) is 0 Å². The first-order valence-corrected chi connectivity index (χ1v) is 5.43. The van der Waals surface area contributed by atoms with Crippen LogP contribution in [0.1, 0.15) is 25.2 Å². The second-order valence-electron chi connectivity index (χ2n) is 4.32. The molecule has 0 aromatic carbocycles. The molecule has 84 valence electrons. The standard InChI is InChI=1S/C10H18N4O/c1-7-4-11-5-8(2)14(7)6-10-9(3)12-15-13-10/h7-8,11H,4-6H2,1-3H3. The Labute approximate surface area is 89.8 Å². The average Bonchev–Trinajstić information content (AvgIpc) is 2.58. The van der Waals surface area contributed by atoms with Gasteiger partial charge in [0, 0.05) is 31.7 Å². The van der Waals surface area contributed by atoms with E-state index in [1.165, 1.54) is 0 Å². The van der Waals surface area contributed by atoms with Gasteiger partial charge in [-0.15, -0.1) is 0 Å². The van der Waals surface area contributed by atoms with E-state index in [0.29, 0.717) is 12.1 Å².